The fraction of sp³-hybridized carbons (Fsp3) is 0.222. The topological polar surface area (TPSA) is 89.8 Å². The molecular formula is C9H10BF2NO4. The van der Waals surface area contributed by atoms with Crippen LogP contribution >= 0.6 is 0 Å². The summed E-state index contributed by atoms with van der Waals surface area (Å²) in [6, 6.07) is 0.161. The van der Waals surface area contributed by atoms with Gasteiger partial charge in [-0.05, 0) is 19.1 Å². The molecule has 17 heavy (non-hydrogen) atoms. The Kier molecular flexibility index (Phi) is 4.03. The van der Waals surface area contributed by atoms with Crippen LogP contribution in [0, 0.1) is 11.6 Å². The Morgan fingerprint density at radius 1 is 1.35 bits per heavy atom. The molecule has 1 aromatic carbocycles. The number of carbonyl (C=O) groups is 1. The summed E-state index contributed by atoms with van der Waals surface area (Å²) in [7, 11) is -2.13. The maximum atomic E-state index is 13.4. The van der Waals surface area contributed by atoms with Crippen molar-refractivity contribution in [2.45, 2.75) is 13.0 Å². The van der Waals surface area contributed by atoms with Crippen LogP contribution in [0.3, 0.4) is 0 Å². The van der Waals surface area contributed by atoms with Gasteiger partial charge in [-0.1, -0.05) is 0 Å². The molecule has 0 amide bonds. The average molecular weight is 245 g/mol. The first-order chi connectivity index (χ1) is 7.82. The third-order valence-corrected chi connectivity index (χ3v) is 2.11. The Morgan fingerprint density at radius 2 is 1.94 bits per heavy atom. The van der Waals surface area contributed by atoms with E-state index in [1.165, 1.54) is 6.92 Å². The molecule has 0 aliphatic rings. The summed E-state index contributed by atoms with van der Waals surface area (Å²) < 4.78 is 26.6. The number of benzene rings is 1. The van der Waals surface area contributed by atoms with Gasteiger partial charge >= 0.3 is 13.1 Å². The molecule has 0 aliphatic heterocycles. The van der Waals surface area contributed by atoms with Crippen LogP contribution in [0.25, 0.3) is 0 Å². The van der Waals surface area contributed by atoms with Crippen LogP contribution in [0.15, 0.2) is 12.1 Å². The monoisotopic (exact) mass is 245 g/mol. The van der Waals surface area contributed by atoms with Gasteiger partial charge in [0.15, 0.2) is 0 Å². The number of rotatable bonds is 4. The largest absolute Gasteiger partial charge is 0.491 e. The summed E-state index contributed by atoms with van der Waals surface area (Å²) in [6.45, 7) is 1.26. The molecule has 0 aliphatic carbocycles. The number of hydrogen-bond acceptors (Lipinski definition) is 4. The van der Waals surface area contributed by atoms with Gasteiger partial charge in [0.2, 0.25) is 0 Å². The lowest BCUT2D eigenvalue weighted by molar-refractivity contribution is -0.137. The van der Waals surface area contributed by atoms with Crippen molar-refractivity contribution >= 4 is 24.2 Å². The molecule has 92 valence electrons. The fourth-order valence-corrected chi connectivity index (χ4v) is 1.17. The van der Waals surface area contributed by atoms with Crippen molar-refractivity contribution in [2.24, 2.45) is 0 Å². The molecule has 0 bridgehead atoms. The van der Waals surface area contributed by atoms with Gasteiger partial charge in [-0.2, -0.15) is 0 Å². The number of halogens is 2. The minimum absolute atomic E-state index is 0.359. The summed E-state index contributed by atoms with van der Waals surface area (Å²) in [5.74, 6) is -3.24. The molecule has 1 unspecified atom stereocenters. The number of anilines is 1. The van der Waals surface area contributed by atoms with Crippen molar-refractivity contribution in [1.29, 1.82) is 0 Å². The van der Waals surface area contributed by atoms with E-state index in [0.29, 0.717) is 12.1 Å². The number of carboxylic acids is 1. The lowest BCUT2D eigenvalue weighted by atomic mass is 9.79. The standard InChI is InChI=1S/C9H10BF2NO4/c1-4(9(14)15)13-8-3-6(11)5(10(16)17)2-7(8)12/h2-4,13,16-17H,1H3,(H,14,15). The molecule has 5 nitrogen and oxygen atoms in total. The second-order valence-corrected chi connectivity index (χ2v) is 3.43. The zero-order chi connectivity index (χ0) is 13.2. The summed E-state index contributed by atoms with van der Waals surface area (Å²) in [6.07, 6.45) is 0. The van der Waals surface area contributed by atoms with Gasteiger partial charge in [-0.25, -0.2) is 8.78 Å². The molecular weight excluding hydrogens is 235 g/mol. The van der Waals surface area contributed by atoms with Crippen molar-refractivity contribution in [3.63, 3.8) is 0 Å². The van der Waals surface area contributed by atoms with Crippen LogP contribution in [0.4, 0.5) is 14.5 Å². The van der Waals surface area contributed by atoms with Crippen molar-refractivity contribution in [3.8, 4) is 0 Å². The number of nitrogens with one attached hydrogen (secondary N) is 1. The molecule has 1 aromatic rings. The van der Waals surface area contributed by atoms with E-state index < -0.39 is 36.2 Å². The van der Waals surface area contributed by atoms with E-state index in [9.17, 15) is 13.6 Å². The van der Waals surface area contributed by atoms with Crippen molar-refractivity contribution in [2.75, 3.05) is 5.32 Å². The lowest BCUT2D eigenvalue weighted by Gasteiger charge is -2.13. The van der Waals surface area contributed by atoms with E-state index in [2.05, 4.69) is 5.32 Å². The van der Waals surface area contributed by atoms with E-state index >= 15 is 0 Å². The molecule has 0 saturated heterocycles. The maximum absolute atomic E-state index is 13.4. The van der Waals surface area contributed by atoms with Gasteiger partial charge in [0.1, 0.15) is 17.7 Å². The molecule has 1 atom stereocenters. The lowest BCUT2D eigenvalue weighted by Crippen LogP contribution is -2.34. The molecule has 0 fully saturated rings. The molecule has 0 radical (unpaired) electrons. The highest BCUT2D eigenvalue weighted by Gasteiger charge is 2.21. The molecule has 4 N–H and O–H groups in total. The zero-order valence-corrected chi connectivity index (χ0v) is 8.82. The Morgan fingerprint density at radius 3 is 2.41 bits per heavy atom. The first kappa shape index (κ1) is 13.4. The summed E-state index contributed by atoms with van der Waals surface area (Å²) >= 11 is 0. The molecule has 8 heteroatoms. The number of hydrogen-bond donors (Lipinski definition) is 4. The Hall–Kier alpha value is -1.67. The molecule has 1 rings (SSSR count). The van der Waals surface area contributed by atoms with Crippen molar-refractivity contribution in [1.82, 2.24) is 0 Å². The molecule has 0 saturated carbocycles. The van der Waals surface area contributed by atoms with Crippen molar-refractivity contribution < 1.29 is 28.7 Å². The highest BCUT2D eigenvalue weighted by Crippen LogP contribution is 2.15. The molecule has 0 aromatic heterocycles. The smallest absolute Gasteiger partial charge is 0.480 e. The van der Waals surface area contributed by atoms with Crippen LogP contribution in [-0.2, 0) is 4.79 Å². The highest BCUT2D eigenvalue weighted by atomic mass is 19.1. The van der Waals surface area contributed by atoms with Gasteiger partial charge < -0.3 is 20.5 Å². The van der Waals surface area contributed by atoms with Crippen LogP contribution in [-0.4, -0.2) is 34.3 Å². The van der Waals surface area contributed by atoms with E-state index in [0.717, 1.165) is 0 Å². The number of aliphatic carboxylic acids is 1. The summed E-state index contributed by atoms with van der Waals surface area (Å²) in [5.41, 5.74) is -0.974. The second kappa shape index (κ2) is 5.11. The minimum atomic E-state index is -2.13. The van der Waals surface area contributed by atoms with Crippen LogP contribution in [0.1, 0.15) is 6.92 Å². The van der Waals surface area contributed by atoms with Crippen LogP contribution in [0.5, 0.6) is 0 Å². The second-order valence-electron chi connectivity index (χ2n) is 3.43. The molecule has 0 spiro atoms. The molecule has 0 heterocycles. The third-order valence-electron chi connectivity index (χ3n) is 2.11. The fourth-order valence-electron chi connectivity index (χ4n) is 1.17. The van der Waals surface area contributed by atoms with E-state index in [1.54, 1.807) is 0 Å². The zero-order valence-electron chi connectivity index (χ0n) is 8.82. The summed E-state index contributed by atoms with van der Waals surface area (Å²) in [5, 5.41) is 28.3. The Balaban J connectivity index is 3.03. The van der Waals surface area contributed by atoms with Gasteiger partial charge in [0, 0.05) is 5.46 Å². The normalized spacial score (nSPS) is 12.1. The van der Waals surface area contributed by atoms with Gasteiger partial charge in [0.05, 0.1) is 5.69 Å². The summed E-state index contributed by atoms with van der Waals surface area (Å²) in [4.78, 5) is 10.5. The van der Waals surface area contributed by atoms with Crippen LogP contribution < -0.4 is 10.8 Å². The Bertz CT molecular complexity index is 441. The quantitative estimate of drug-likeness (QED) is 0.538. The number of carboxylic acid groups (broad SMARTS) is 1. The predicted octanol–water partition coefficient (Wildman–Crippen LogP) is -0.470. The van der Waals surface area contributed by atoms with Crippen LogP contribution in [0.2, 0.25) is 0 Å². The van der Waals surface area contributed by atoms with E-state index in [4.69, 9.17) is 15.2 Å². The van der Waals surface area contributed by atoms with Gasteiger partial charge in [0.25, 0.3) is 0 Å². The van der Waals surface area contributed by atoms with Crippen molar-refractivity contribution in [3.05, 3.63) is 23.8 Å². The predicted molar refractivity (Wildman–Crippen MR) is 56.9 cm³/mol. The first-order valence-electron chi connectivity index (χ1n) is 4.67. The third kappa shape index (κ3) is 3.14. The first-order valence-corrected chi connectivity index (χ1v) is 4.67. The van der Waals surface area contributed by atoms with E-state index in [1.807, 2.05) is 0 Å². The van der Waals surface area contributed by atoms with E-state index in [-0.39, 0.29) is 5.69 Å². The SMILES string of the molecule is CC(Nc1cc(F)c(B(O)O)cc1F)C(=O)O. The minimum Gasteiger partial charge on any atom is -0.480 e. The maximum Gasteiger partial charge on any atom is 0.491 e. The highest BCUT2D eigenvalue weighted by molar-refractivity contribution is 6.58. The van der Waals surface area contributed by atoms with Gasteiger partial charge in [-0.15, -0.1) is 0 Å². The Labute approximate surface area is 95.8 Å². The average Bonchev–Trinajstić information content (AvgIpc) is 2.22. The van der Waals surface area contributed by atoms with Gasteiger partial charge in [-0.3, -0.25) is 4.79 Å².